The van der Waals surface area contributed by atoms with Gasteiger partial charge in [0, 0.05) is 25.3 Å². The quantitative estimate of drug-likeness (QED) is 0.703. The fourth-order valence-electron chi connectivity index (χ4n) is 1.34. The molecule has 1 aliphatic heterocycles. The highest BCUT2D eigenvalue weighted by Gasteiger charge is 2.13. The second-order valence-electron chi connectivity index (χ2n) is 2.88. The molecule has 1 fully saturated rings. The summed E-state index contributed by atoms with van der Waals surface area (Å²) >= 11 is 1.86. The zero-order valence-electron chi connectivity index (χ0n) is 7.10. The molecule has 0 bridgehead atoms. The summed E-state index contributed by atoms with van der Waals surface area (Å²) in [5.74, 6) is 2.01. The van der Waals surface area contributed by atoms with Gasteiger partial charge in [0.25, 0.3) is 0 Å². The van der Waals surface area contributed by atoms with E-state index in [0.717, 1.165) is 31.1 Å². The standard InChI is InChI=1S/C8H16N2S/c1-11-7-6-10-5-3-2-4-8(10)9/h9H,2-7H2,1H3. The molecule has 1 aliphatic rings. The minimum Gasteiger partial charge on any atom is -0.360 e. The summed E-state index contributed by atoms with van der Waals surface area (Å²) < 4.78 is 0. The molecule has 0 aliphatic carbocycles. The van der Waals surface area contributed by atoms with Crippen molar-refractivity contribution < 1.29 is 0 Å². The minimum absolute atomic E-state index is 0.852. The Morgan fingerprint density at radius 3 is 3.00 bits per heavy atom. The van der Waals surface area contributed by atoms with Gasteiger partial charge in [0.15, 0.2) is 0 Å². The number of likely N-dealkylation sites (tertiary alicyclic amines) is 1. The van der Waals surface area contributed by atoms with Crippen LogP contribution >= 0.6 is 11.8 Å². The van der Waals surface area contributed by atoms with Gasteiger partial charge in [-0.05, 0) is 19.1 Å². The van der Waals surface area contributed by atoms with Crippen LogP contribution in [0.3, 0.4) is 0 Å². The van der Waals surface area contributed by atoms with Gasteiger partial charge in [0.2, 0.25) is 0 Å². The first-order valence-electron chi connectivity index (χ1n) is 4.16. The average Bonchev–Trinajstić information content (AvgIpc) is 2.03. The van der Waals surface area contributed by atoms with Crippen LogP contribution in [-0.4, -0.2) is 35.8 Å². The first-order valence-corrected chi connectivity index (χ1v) is 5.55. The second kappa shape index (κ2) is 4.65. The van der Waals surface area contributed by atoms with Crippen molar-refractivity contribution in [1.29, 1.82) is 5.41 Å². The van der Waals surface area contributed by atoms with Gasteiger partial charge in [0.05, 0.1) is 5.84 Å². The molecule has 3 heteroatoms. The number of thioether (sulfide) groups is 1. The fraction of sp³-hybridized carbons (Fsp3) is 0.875. The third-order valence-electron chi connectivity index (χ3n) is 2.04. The van der Waals surface area contributed by atoms with Gasteiger partial charge in [-0.1, -0.05) is 0 Å². The topological polar surface area (TPSA) is 27.1 Å². The van der Waals surface area contributed by atoms with E-state index >= 15 is 0 Å². The molecule has 0 atom stereocenters. The Labute approximate surface area is 72.9 Å². The predicted molar refractivity (Wildman–Crippen MR) is 51.5 cm³/mol. The van der Waals surface area contributed by atoms with Crippen LogP contribution in [0.2, 0.25) is 0 Å². The van der Waals surface area contributed by atoms with Crippen molar-refractivity contribution in [2.75, 3.05) is 25.1 Å². The Morgan fingerprint density at radius 1 is 1.55 bits per heavy atom. The highest BCUT2D eigenvalue weighted by Crippen LogP contribution is 2.10. The number of hydrogen-bond donors (Lipinski definition) is 1. The number of piperidine rings is 1. The van der Waals surface area contributed by atoms with E-state index in [-0.39, 0.29) is 0 Å². The average molecular weight is 172 g/mol. The van der Waals surface area contributed by atoms with Crippen LogP contribution in [0.4, 0.5) is 0 Å². The van der Waals surface area contributed by atoms with E-state index in [9.17, 15) is 0 Å². The summed E-state index contributed by atoms with van der Waals surface area (Å²) in [6.45, 7) is 2.18. The maximum absolute atomic E-state index is 7.64. The smallest absolute Gasteiger partial charge is 0.0957 e. The zero-order chi connectivity index (χ0) is 8.10. The molecule has 0 aromatic rings. The molecule has 0 spiro atoms. The van der Waals surface area contributed by atoms with Gasteiger partial charge in [0.1, 0.15) is 0 Å². The maximum Gasteiger partial charge on any atom is 0.0957 e. The van der Waals surface area contributed by atoms with Gasteiger partial charge in [-0.15, -0.1) is 0 Å². The Morgan fingerprint density at radius 2 is 2.36 bits per heavy atom. The number of amidine groups is 1. The molecule has 64 valence electrons. The highest BCUT2D eigenvalue weighted by atomic mass is 32.2. The SMILES string of the molecule is CSCCN1CCCCC1=N. The van der Waals surface area contributed by atoms with E-state index < -0.39 is 0 Å². The molecule has 0 amide bonds. The van der Waals surface area contributed by atoms with Gasteiger partial charge in [-0.2, -0.15) is 11.8 Å². The molecule has 1 saturated heterocycles. The molecule has 0 saturated carbocycles. The number of rotatable bonds is 3. The van der Waals surface area contributed by atoms with Crippen molar-refractivity contribution >= 4 is 17.6 Å². The largest absolute Gasteiger partial charge is 0.360 e. The predicted octanol–water partition coefficient (Wildman–Crippen LogP) is 1.81. The third-order valence-corrected chi connectivity index (χ3v) is 2.63. The summed E-state index contributed by atoms with van der Waals surface area (Å²) in [5, 5.41) is 7.64. The Balaban J connectivity index is 2.24. The van der Waals surface area contributed by atoms with Gasteiger partial charge < -0.3 is 4.90 Å². The first-order chi connectivity index (χ1) is 5.34. The van der Waals surface area contributed by atoms with E-state index in [0.29, 0.717) is 0 Å². The van der Waals surface area contributed by atoms with Crippen molar-refractivity contribution in [1.82, 2.24) is 4.90 Å². The Hall–Kier alpha value is -0.180. The number of nitrogens with one attached hydrogen (secondary N) is 1. The summed E-state index contributed by atoms with van der Waals surface area (Å²) in [6, 6.07) is 0. The fourth-order valence-corrected chi connectivity index (χ4v) is 1.74. The van der Waals surface area contributed by atoms with E-state index in [2.05, 4.69) is 11.2 Å². The molecule has 0 aromatic heterocycles. The molecule has 1 heterocycles. The maximum atomic E-state index is 7.64. The van der Waals surface area contributed by atoms with Gasteiger partial charge >= 0.3 is 0 Å². The summed E-state index contributed by atoms with van der Waals surface area (Å²) in [6.07, 6.45) is 5.60. The van der Waals surface area contributed by atoms with Crippen LogP contribution in [0, 0.1) is 5.41 Å². The first kappa shape index (κ1) is 8.91. The molecule has 0 unspecified atom stereocenters. The van der Waals surface area contributed by atoms with Crippen LogP contribution in [0.25, 0.3) is 0 Å². The van der Waals surface area contributed by atoms with Crippen molar-refractivity contribution in [2.24, 2.45) is 0 Å². The van der Waals surface area contributed by atoms with E-state index in [1.54, 1.807) is 0 Å². The molecular formula is C8H16N2S. The molecule has 1 rings (SSSR count). The van der Waals surface area contributed by atoms with Crippen molar-refractivity contribution in [2.45, 2.75) is 19.3 Å². The minimum atomic E-state index is 0.852. The normalized spacial score (nSPS) is 19.0. The molecular weight excluding hydrogens is 156 g/mol. The van der Waals surface area contributed by atoms with E-state index in [4.69, 9.17) is 5.41 Å². The van der Waals surface area contributed by atoms with Gasteiger partial charge in [-0.25, -0.2) is 0 Å². The van der Waals surface area contributed by atoms with Crippen LogP contribution < -0.4 is 0 Å². The zero-order valence-corrected chi connectivity index (χ0v) is 7.91. The van der Waals surface area contributed by atoms with Crippen molar-refractivity contribution in [3.05, 3.63) is 0 Å². The van der Waals surface area contributed by atoms with E-state index in [1.165, 1.54) is 12.8 Å². The lowest BCUT2D eigenvalue weighted by atomic mass is 10.1. The number of hydrogen-bond acceptors (Lipinski definition) is 2. The van der Waals surface area contributed by atoms with Gasteiger partial charge in [-0.3, -0.25) is 5.41 Å². The summed E-state index contributed by atoms with van der Waals surface area (Å²) in [7, 11) is 0. The van der Waals surface area contributed by atoms with Crippen molar-refractivity contribution in [3.63, 3.8) is 0 Å². The lowest BCUT2D eigenvalue weighted by Crippen LogP contribution is -2.36. The van der Waals surface area contributed by atoms with Crippen LogP contribution in [0.5, 0.6) is 0 Å². The molecule has 0 radical (unpaired) electrons. The van der Waals surface area contributed by atoms with Crippen LogP contribution in [-0.2, 0) is 0 Å². The molecule has 0 aromatic carbocycles. The van der Waals surface area contributed by atoms with Crippen LogP contribution in [0.1, 0.15) is 19.3 Å². The summed E-state index contributed by atoms with van der Waals surface area (Å²) in [4.78, 5) is 2.21. The van der Waals surface area contributed by atoms with E-state index in [1.807, 2.05) is 11.8 Å². The second-order valence-corrected chi connectivity index (χ2v) is 3.87. The lowest BCUT2D eigenvalue weighted by Gasteiger charge is -2.28. The molecule has 2 nitrogen and oxygen atoms in total. The molecule has 1 N–H and O–H groups in total. The summed E-state index contributed by atoms with van der Waals surface area (Å²) in [5.41, 5.74) is 0. The Kier molecular flexibility index (Phi) is 3.77. The monoisotopic (exact) mass is 172 g/mol. The van der Waals surface area contributed by atoms with Crippen LogP contribution in [0.15, 0.2) is 0 Å². The Bertz CT molecular complexity index is 136. The lowest BCUT2D eigenvalue weighted by molar-refractivity contribution is 0.386. The molecule has 11 heavy (non-hydrogen) atoms. The number of nitrogens with zero attached hydrogens (tertiary/aromatic N) is 1. The highest BCUT2D eigenvalue weighted by molar-refractivity contribution is 7.98. The van der Waals surface area contributed by atoms with Crippen molar-refractivity contribution in [3.8, 4) is 0 Å². The third kappa shape index (κ3) is 2.73.